The Labute approximate surface area is 127 Å². The molecule has 2 rings (SSSR count). The van der Waals surface area contributed by atoms with Crippen LogP contribution in [0, 0.1) is 6.92 Å². The highest BCUT2D eigenvalue weighted by Crippen LogP contribution is 2.14. The Hall–Kier alpha value is -1.65. The Balaban J connectivity index is 1.87. The molecular formula is C17H26N4. The van der Waals surface area contributed by atoms with Gasteiger partial charge in [0.1, 0.15) is 5.82 Å². The van der Waals surface area contributed by atoms with Crippen LogP contribution in [-0.2, 0) is 6.54 Å². The first kappa shape index (κ1) is 15.7. The predicted octanol–water partition coefficient (Wildman–Crippen LogP) is 2.61. The van der Waals surface area contributed by atoms with Crippen LogP contribution in [0.1, 0.15) is 24.4 Å². The van der Waals surface area contributed by atoms with Gasteiger partial charge < -0.3 is 10.2 Å². The first-order chi connectivity index (χ1) is 10.2. The molecule has 4 heteroatoms. The van der Waals surface area contributed by atoms with Gasteiger partial charge in [-0.05, 0) is 59.1 Å². The Bertz CT molecular complexity index is 531. The molecule has 0 fully saturated rings. The summed E-state index contributed by atoms with van der Waals surface area (Å²) in [6.45, 7) is 5.11. The number of rotatable bonds is 8. The van der Waals surface area contributed by atoms with Gasteiger partial charge in [0.15, 0.2) is 0 Å². The molecule has 0 aliphatic heterocycles. The summed E-state index contributed by atoms with van der Waals surface area (Å²) < 4.78 is 2.22. The molecule has 1 N–H and O–H groups in total. The molecule has 0 bridgehead atoms. The number of para-hydroxylation sites is 1. The van der Waals surface area contributed by atoms with Gasteiger partial charge in [-0.15, -0.1) is 0 Å². The molecule has 0 atom stereocenters. The lowest BCUT2D eigenvalue weighted by Crippen LogP contribution is -2.19. The van der Waals surface area contributed by atoms with E-state index in [1.54, 1.807) is 0 Å². The van der Waals surface area contributed by atoms with Gasteiger partial charge in [-0.1, -0.05) is 18.2 Å². The minimum absolute atomic E-state index is 0.859. The van der Waals surface area contributed by atoms with Crippen molar-refractivity contribution >= 4 is 0 Å². The van der Waals surface area contributed by atoms with E-state index < -0.39 is 0 Å². The van der Waals surface area contributed by atoms with Gasteiger partial charge >= 0.3 is 0 Å². The summed E-state index contributed by atoms with van der Waals surface area (Å²) >= 11 is 0. The molecule has 21 heavy (non-hydrogen) atoms. The zero-order chi connectivity index (χ0) is 15.1. The van der Waals surface area contributed by atoms with Gasteiger partial charge in [-0.3, -0.25) is 4.57 Å². The lowest BCUT2D eigenvalue weighted by Gasteiger charge is -2.12. The van der Waals surface area contributed by atoms with Gasteiger partial charge in [0.25, 0.3) is 0 Å². The minimum Gasteiger partial charge on any atom is -0.311 e. The zero-order valence-corrected chi connectivity index (χ0v) is 13.3. The summed E-state index contributed by atoms with van der Waals surface area (Å²) in [5, 5.41) is 3.52. The number of aromatic nitrogens is 2. The number of hydrogen-bond acceptors (Lipinski definition) is 3. The summed E-state index contributed by atoms with van der Waals surface area (Å²) in [7, 11) is 4.24. The Morgan fingerprint density at radius 3 is 2.62 bits per heavy atom. The molecule has 1 heterocycles. The second-order valence-corrected chi connectivity index (χ2v) is 5.65. The van der Waals surface area contributed by atoms with Crippen LogP contribution < -0.4 is 5.32 Å². The quantitative estimate of drug-likeness (QED) is 0.757. The molecule has 0 spiro atoms. The van der Waals surface area contributed by atoms with Crippen LogP contribution in [0.3, 0.4) is 0 Å². The molecule has 0 aliphatic carbocycles. The van der Waals surface area contributed by atoms with Crippen molar-refractivity contribution in [3.05, 3.63) is 48.0 Å². The predicted molar refractivity (Wildman–Crippen MR) is 87.8 cm³/mol. The van der Waals surface area contributed by atoms with Crippen LogP contribution in [-0.4, -0.2) is 41.6 Å². The van der Waals surface area contributed by atoms with Gasteiger partial charge in [0.2, 0.25) is 0 Å². The molecule has 0 unspecified atom stereocenters. The number of nitrogens with one attached hydrogen (secondary N) is 1. The molecule has 114 valence electrons. The minimum atomic E-state index is 0.859. The second kappa shape index (κ2) is 7.96. The third kappa shape index (κ3) is 4.69. The summed E-state index contributed by atoms with van der Waals surface area (Å²) in [5.41, 5.74) is 2.39. The van der Waals surface area contributed by atoms with Crippen molar-refractivity contribution in [2.45, 2.75) is 26.3 Å². The maximum atomic E-state index is 4.45. The first-order valence-electron chi connectivity index (χ1n) is 7.62. The normalized spacial score (nSPS) is 11.2. The van der Waals surface area contributed by atoms with E-state index >= 15 is 0 Å². The highest BCUT2D eigenvalue weighted by Gasteiger charge is 2.07. The molecule has 0 amide bonds. The number of nitrogens with zero attached hydrogens (tertiary/aromatic N) is 3. The maximum absolute atomic E-state index is 4.45. The summed E-state index contributed by atoms with van der Waals surface area (Å²) in [4.78, 5) is 6.68. The van der Waals surface area contributed by atoms with Crippen molar-refractivity contribution in [1.29, 1.82) is 0 Å². The van der Waals surface area contributed by atoms with Crippen LogP contribution in [0.5, 0.6) is 0 Å². The van der Waals surface area contributed by atoms with Crippen LogP contribution >= 0.6 is 0 Å². The third-order valence-electron chi connectivity index (χ3n) is 3.54. The average molecular weight is 286 g/mol. The fourth-order valence-electron chi connectivity index (χ4n) is 2.44. The Morgan fingerprint density at radius 2 is 1.90 bits per heavy atom. The van der Waals surface area contributed by atoms with Crippen molar-refractivity contribution < 1.29 is 0 Å². The van der Waals surface area contributed by atoms with E-state index in [9.17, 15) is 0 Å². The van der Waals surface area contributed by atoms with Crippen LogP contribution in [0.4, 0.5) is 0 Å². The van der Waals surface area contributed by atoms with Gasteiger partial charge in [0.05, 0.1) is 11.9 Å². The average Bonchev–Trinajstić information content (AvgIpc) is 2.84. The molecule has 2 aromatic rings. The van der Waals surface area contributed by atoms with Crippen molar-refractivity contribution in [3.8, 4) is 5.69 Å². The van der Waals surface area contributed by atoms with E-state index in [0.29, 0.717) is 0 Å². The molecule has 0 aliphatic rings. The standard InChI is InChI=1S/C17H26N4/c1-15-19-14-17(13-18-11-7-8-12-20(2)3)21(15)16-9-5-4-6-10-16/h4-6,9-10,14,18H,7-8,11-13H2,1-3H3. The number of aryl methyl sites for hydroxylation is 1. The Morgan fingerprint density at radius 1 is 1.14 bits per heavy atom. The molecule has 1 aromatic carbocycles. The molecule has 0 saturated carbocycles. The highest BCUT2D eigenvalue weighted by molar-refractivity contribution is 5.35. The topological polar surface area (TPSA) is 33.1 Å². The van der Waals surface area contributed by atoms with Crippen LogP contribution in [0.25, 0.3) is 5.69 Å². The van der Waals surface area contributed by atoms with Crippen molar-refractivity contribution in [2.24, 2.45) is 0 Å². The molecule has 1 aromatic heterocycles. The van der Waals surface area contributed by atoms with Gasteiger partial charge in [-0.2, -0.15) is 0 Å². The van der Waals surface area contributed by atoms with E-state index in [1.165, 1.54) is 24.2 Å². The molecule has 0 radical (unpaired) electrons. The monoisotopic (exact) mass is 286 g/mol. The van der Waals surface area contributed by atoms with Crippen molar-refractivity contribution in [2.75, 3.05) is 27.2 Å². The van der Waals surface area contributed by atoms with Crippen LogP contribution in [0.2, 0.25) is 0 Å². The lowest BCUT2D eigenvalue weighted by atomic mass is 10.3. The fraction of sp³-hybridized carbons (Fsp3) is 0.471. The first-order valence-corrected chi connectivity index (χ1v) is 7.62. The number of unbranched alkanes of at least 4 members (excludes halogenated alkanes) is 1. The molecule has 4 nitrogen and oxygen atoms in total. The van der Waals surface area contributed by atoms with E-state index in [2.05, 4.69) is 58.1 Å². The van der Waals surface area contributed by atoms with E-state index in [0.717, 1.165) is 25.5 Å². The number of hydrogen-bond donors (Lipinski definition) is 1. The Kier molecular flexibility index (Phi) is 5.96. The second-order valence-electron chi connectivity index (χ2n) is 5.65. The largest absolute Gasteiger partial charge is 0.311 e. The summed E-state index contributed by atoms with van der Waals surface area (Å²) in [5.74, 6) is 1.03. The smallest absolute Gasteiger partial charge is 0.110 e. The molecular weight excluding hydrogens is 260 g/mol. The van der Waals surface area contributed by atoms with Gasteiger partial charge in [-0.25, -0.2) is 4.98 Å². The van der Waals surface area contributed by atoms with Gasteiger partial charge in [0, 0.05) is 12.2 Å². The van der Waals surface area contributed by atoms with E-state index in [1.807, 2.05) is 19.2 Å². The van der Waals surface area contributed by atoms with E-state index in [-0.39, 0.29) is 0 Å². The SMILES string of the molecule is Cc1ncc(CNCCCCN(C)C)n1-c1ccccc1. The maximum Gasteiger partial charge on any atom is 0.110 e. The zero-order valence-electron chi connectivity index (χ0n) is 13.3. The summed E-state index contributed by atoms with van der Waals surface area (Å²) in [6.07, 6.45) is 4.41. The number of benzene rings is 1. The van der Waals surface area contributed by atoms with Crippen molar-refractivity contribution in [3.63, 3.8) is 0 Å². The highest BCUT2D eigenvalue weighted by atomic mass is 15.1. The molecule has 0 saturated heterocycles. The van der Waals surface area contributed by atoms with Crippen molar-refractivity contribution in [1.82, 2.24) is 19.8 Å². The third-order valence-corrected chi connectivity index (χ3v) is 3.54. The van der Waals surface area contributed by atoms with E-state index in [4.69, 9.17) is 0 Å². The lowest BCUT2D eigenvalue weighted by molar-refractivity contribution is 0.391. The summed E-state index contributed by atoms with van der Waals surface area (Å²) in [6, 6.07) is 10.4. The number of imidazole rings is 1. The fourth-order valence-corrected chi connectivity index (χ4v) is 2.44. The van der Waals surface area contributed by atoms with Crippen LogP contribution in [0.15, 0.2) is 36.5 Å².